The van der Waals surface area contributed by atoms with Crippen LogP contribution in [0.1, 0.15) is 41.5 Å². The van der Waals surface area contributed by atoms with Crippen molar-refractivity contribution in [3.63, 3.8) is 0 Å². The van der Waals surface area contributed by atoms with E-state index in [1.807, 2.05) is 72.8 Å². The zero-order valence-electron chi connectivity index (χ0n) is 21.0. The Kier molecular flexibility index (Phi) is 4.88. The van der Waals surface area contributed by atoms with Gasteiger partial charge in [0.1, 0.15) is 0 Å². The SMILES string of the molecule is C=C1CC2(OC1=O)C(=O)N(Cc1ccc(CN3C(=O)C4(CCC(=O)O4)c4ccccc43)cc1)c1ccccc12. The molecule has 0 aromatic heterocycles. The van der Waals surface area contributed by atoms with Gasteiger partial charge in [-0.25, -0.2) is 4.79 Å². The summed E-state index contributed by atoms with van der Waals surface area (Å²) in [6, 6.07) is 22.5. The average Bonchev–Trinajstić information content (AvgIpc) is 3.62. The number of esters is 2. The first-order chi connectivity index (χ1) is 18.8. The lowest BCUT2D eigenvalue weighted by atomic mass is 9.91. The molecule has 2 unspecified atom stereocenters. The van der Waals surface area contributed by atoms with E-state index in [4.69, 9.17) is 9.47 Å². The number of benzene rings is 3. The second-order valence-corrected chi connectivity index (χ2v) is 10.4. The third kappa shape index (κ3) is 3.24. The predicted molar refractivity (Wildman–Crippen MR) is 140 cm³/mol. The molecule has 2 amide bonds. The average molecular weight is 521 g/mol. The number of para-hydroxylation sites is 2. The van der Waals surface area contributed by atoms with Gasteiger partial charge in [-0.05, 0) is 23.3 Å². The molecule has 4 heterocycles. The van der Waals surface area contributed by atoms with Crippen LogP contribution in [0.2, 0.25) is 0 Å². The molecule has 194 valence electrons. The van der Waals surface area contributed by atoms with Crippen LogP contribution in [-0.4, -0.2) is 23.8 Å². The largest absolute Gasteiger partial charge is 0.444 e. The third-order valence-corrected chi connectivity index (χ3v) is 8.13. The maximum Gasteiger partial charge on any atom is 0.335 e. The van der Waals surface area contributed by atoms with Gasteiger partial charge < -0.3 is 19.3 Å². The van der Waals surface area contributed by atoms with Gasteiger partial charge in [-0.2, -0.15) is 0 Å². The number of carbonyl (C=O) groups excluding carboxylic acids is 4. The van der Waals surface area contributed by atoms with E-state index in [2.05, 4.69) is 6.58 Å². The Hall–Kier alpha value is -4.72. The second kappa shape index (κ2) is 8.14. The normalized spacial score (nSPS) is 25.1. The van der Waals surface area contributed by atoms with Crippen LogP contribution >= 0.6 is 0 Å². The van der Waals surface area contributed by atoms with Crippen LogP contribution in [0.25, 0.3) is 0 Å². The van der Waals surface area contributed by atoms with Crippen LogP contribution in [0.15, 0.2) is 84.9 Å². The highest BCUT2D eigenvalue weighted by Crippen LogP contribution is 2.51. The van der Waals surface area contributed by atoms with E-state index in [-0.39, 0.29) is 36.2 Å². The summed E-state index contributed by atoms with van der Waals surface area (Å²) in [5.74, 6) is -1.41. The lowest BCUT2D eigenvalue weighted by molar-refractivity contribution is -0.157. The predicted octanol–water partition coefficient (Wildman–Crippen LogP) is 4.01. The monoisotopic (exact) mass is 520 g/mol. The molecule has 3 aromatic rings. The van der Waals surface area contributed by atoms with Crippen molar-refractivity contribution in [2.45, 2.75) is 43.6 Å². The van der Waals surface area contributed by atoms with Gasteiger partial charge in [-0.15, -0.1) is 0 Å². The molecule has 0 radical (unpaired) electrons. The fourth-order valence-electron chi connectivity index (χ4n) is 6.24. The molecule has 7 rings (SSSR count). The quantitative estimate of drug-likeness (QED) is 0.381. The topological polar surface area (TPSA) is 93.2 Å². The number of hydrogen-bond donors (Lipinski definition) is 0. The van der Waals surface area contributed by atoms with Crippen LogP contribution < -0.4 is 9.80 Å². The lowest BCUT2D eigenvalue weighted by Crippen LogP contribution is -2.40. The zero-order chi connectivity index (χ0) is 26.9. The van der Waals surface area contributed by atoms with Gasteiger partial charge in [-0.1, -0.05) is 67.2 Å². The Labute approximate surface area is 224 Å². The fraction of sp³-hybridized carbons (Fsp3) is 0.226. The number of hydrogen-bond acceptors (Lipinski definition) is 6. The van der Waals surface area contributed by atoms with Gasteiger partial charge in [0.25, 0.3) is 11.8 Å². The number of rotatable bonds is 4. The van der Waals surface area contributed by atoms with E-state index < -0.39 is 17.2 Å². The van der Waals surface area contributed by atoms with E-state index in [0.29, 0.717) is 30.8 Å². The molecule has 0 aliphatic carbocycles. The summed E-state index contributed by atoms with van der Waals surface area (Å²) in [5.41, 5.74) is 2.35. The Balaban J connectivity index is 1.13. The smallest absolute Gasteiger partial charge is 0.335 e. The minimum atomic E-state index is -1.35. The standard InChI is InChI=1S/C31H24N2O6/c1-19-16-31(39-27(19)35)23-7-3-5-9-25(23)33(29(31)37)18-21-12-10-20(11-13-21)17-32-24-8-4-2-6-22(24)30(28(32)36)15-14-26(34)38-30/h2-13H,1,14-18H2. The molecule has 4 aliphatic rings. The highest BCUT2D eigenvalue weighted by Gasteiger charge is 2.59. The lowest BCUT2D eigenvalue weighted by Gasteiger charge is -2.23. The van der Waals surface area contributed by atoms with Crippen molar-refractivity contribution >= 4 is 35.1 Å². The molecular formula is C31H24N2O6. The number of amides is 2. The first kappa shape index (κ1) is 23.4. The van der Waals surface area contributed by atoms with Crippen LogP contribution in [0.4, 0.5) is 11.4 Å². The van der Waals surface area contributed by atoms with E-state index in [1.54, 1.807) is 9.80 Å². The van der Waals surface area contributed by atoms with E-state index >= 15 is 0 Å². The maximum atomic E-state index is 13.6. The van der Waals surface area contributed by atoms with E-state index in [9.17, 15) is 19.2 Å². The van der Waals surface area contributed by atoms with Gasteiger partial charge in [-0.3, -0.25) is 14.4 Å². The number of anilines is 2. The molecule has 8 nitrogen and oxygen atoms in total. The van der Waals surface area contributed by atoms with Gasteiger partial charge in [0.15, 0.2) is 0 Å². The molecule has 3 aromatic carbocycles. The number of carbonyl (C=O) groups is 4. The van der Waals surface area contributed by atoms with Gasteiger partial charge in [0.05, 0.1) is 30.9 Å². The summed E-state index contributed by atoms with van der Waals surface area (Å²) in [5, 5.41) is 0. The summed E-state index contributed by atoms with van der Waals surface area (Å²) in [4.78, 5) is 54.6. The minimum absolute atomic E-state index is 0.138. The minimum Gasteiger partial charge on any atom is -0.444 e. The molecule has 2 saturated heterocycles. The van der Waals surface area contributed by atoms with Crippen molar-refractivity contribution in [2.75, 3.05) is 9.80 Å². The Bertz CT molecular complexity index is 1590. The second-order valence-electron chi connectivity index (χ2n) is 10.4. The number of fused-ring (bicyclic) bond motifs is 4. The Morgan fingerprint density at radius 2 is 1.21 bits per heavy atom. The Morgan fingerprint density at radius 1 is 0.692 bits per heavy atom. The summed E-state index contributed by atoms with van der Waals surface area (Å²) < 4.78 is 11.2. The van der Waals surface area contributed by atoms with Crippen LogP contribution in [0.5, 0.6) is 0 Å². The van der Waals surface area contributed by atoms with E-state index in [0.717, 1.165) is 22.4 Å². The van der Waals surface area contributed by atoms with Crippen molar-refractivity contribution < 1.29 is 28.7 Å². The Morgan fingerprint density at radius 3 is 1.69 bits per heavy atom. The third-order valence-electron chi connectivity index (χ3n) is 8.13. The highest BCUT2D eigenvalue weighted by molar-refractivity contribution is 6.11. The van der Waals surface area contributed by atoms with Crippen molar-refractivity contribution in [3.05, 3.63) is 107 Å². The molecule has 2 atom stereocenters. The van der Waals surface area contributed by atoms with Crippen LogP contribution in [0.3, 0.4) is 0 Å². The molecule has 39 heavy (non-hydrogen) atoms. The molecule has 0 N–H and O–H groups in total. The molecule has 8 heteroatoms. The summed E-state index contributed by atoms with van der Waals surface area (Å²) in [6.45, 7) is 4.39. The first-order valence-electron chi connectivity index (χ1n) is 12.9. The molecule has 0 saturated carbocycles. The summed E-state index contributed by atoms with van der Waals surface area (Å²) in [7, 11) is 0. The fourth-order valence-corrected chi connectivity index (χ4v) is 6.24. The van der Waals surface area contributed by atoms with Crippen molar-refractivity contribution in [1.82, 2.24) is 0 Å². The molecule has 2 fully saturated rings. The number of nitrogens with zero attached hydrogens (tertiary/aromatic N) is 2. The van der Waals surface area contributed by atoms with Crippen LogP contribution in [-0.2, 0) is 52.9 Å². The number of ether oxygens (including phenoxy) is 2. The first-order valence-corrected chi connectivity index (χ1v) is 12.9. The van der Waals surface area contributed by atoms with Crippen molar-refractivity contribution in [3.8, 4) is 0 Å². The van der Waals surface area contributed by atoms with Gasteiger partial charge >= 0.3 is 11.9 Å². The highest BCUT2D eigenvalue weighted by atomic mass is 16.6. The van der Waals surface area contributed by atoms with Gasteiger partial charge in [0, 0.05) is 29.5 Å². The van der Waals surface area contributed by atoms with E-state index in [1.165, 1.54) is 0 Å². The molecule has 2 spiro atoms. The molecule has 0 bridgehead atoms. The molecule has 4 aliphatic heterocycles. The van der Waals surface area contributed by atoms with Gasteiger partial charge in [0.2, 0.25) is 11.2 Å². The summed E-state index contributed by atoms with van der Waals surface area (Å²) in [6.07, 6.45) is 0.696. The zero-order valence-corrected chi connectivity index (χ0v) is 21.0. The summed E-state index contributed by atoms with van der Waals surface area (Å²) >= 11 is 0. The maximum absolute atomic E-state index is 13.6. The van der Waals surface area contributed by atoms with Crippen molar-refractivity contribution in [2.24, 2.45) is 0 Å². The van der Waals surface area contributed by atoms with Crippen molar-refractivity contribution in [1.29, 1.82) is 0 Å². The molecular weight excluding hydrogens is 496 g/mol. The van der Waals surface area contributed by atoms with Crippen LogP contribution in [0, 0.1) is 0 Å².